The Labute approximate surface area is 155 Å². The summed E-state index contributed by atoms with van der Waals surface area (Å²) >= 11 is 13.1. The fourth-order valence-electron chi connectivity index (χ4n) is 1.91. The molecule has 1 aromatic heterocycles. The second-order valence-electron chi connectivity index (χ2n) is 6.30. The lowest BCUT2D eigenvalue weighted by molar-refractivity contribution is -0.115. The molecule has 0 bridgehead atoms. The van der Waals surface area contributed by atoms with Crippen LogP contribution < -0.4 is 11.2 Å². The van der Waals surface area contributed by atoms with Gasteiger partial charge in [0.05, 0.1) is 16.0 Å². The van der Waals surface area contributed by atoms with Crippen molar-refractivity contribution in [1.82, 2.24) is 14.9 Å². The van der Waals surface area contributed by atoms with E-state index in [1.807, 2.05) is 20.8 Å². The number of nitrogens with one attached hydrogen (secondary N) is 1. The minimum absolute atomic E-state index is 0.218. The van der Waals surface area contributed by atoms with Crippen molar-refractivity contribution in [2.45, 2.75) is 43.5 Å². The van der Waals surface area contributed by atoms with Crippen molar-refractivity contribution in [2.75, 3.05) is 11.2 Å². The van der Waals surface area contributed by atoms with Gasteiger partial charge in [-0.3, -0.25) is 4.79 Å². The number of amides is 1. The van der Waals surface area contributed by atoms with Gasteiger partial charge in [-0.15, -0.1) is 10.2 Å². The Morgan fingerprint density at radius 1 is 1.33 bits per heavy atom. The molecule has 0 aliphatic heterocycles. The zero-order valence-corrected chi connectivity index (χ0v) is 16.1. The van der Waals surface area contributed by atoms with Crippen LogP contribution in [-0.4, -0.2) is 26.0 Å². The lowest BCUT2D eigenvalue weighted by Crippen LogP contribution is -2.26. The highest BCUT2D eigenvalue weighted by Gasteiger charge is 2.25. The number of aromatic nitrogens is 3. The number of halogens is 2. The third-order valence-corrected chi connectivity index (χ3v) is 4.78. The largest absolute Gasteiger partial charge is 0.336 e. The first-order chi connectivity index (χ1) is 11.1. The van der Waals surface area contributed by atoms with E-state index in [9.17, 15) is 4.79 Å². The average Bonchev–Trinajstić information content (AvgIpc) is 2.83. The second kappa shape index (κ2) is 7.21. The van der Waals surface area contributed by atoms with Crippen molar-refractivity contribution in [3.05, 3.63) is 34.1 Å². The second-order valence-corrected chi connectivity index (χ2v) is 8.45. The van der Waals surface area contributed by atoms with Gasteiger partial charge in [-0.25, -0.2) is 4.68 Å². The number of thioether (sulfide) groups is 1. The molecule has 2 aromatic rings. The number of anilines is 1. The number of hydrogen-bond donors (Lipinski definition) is 2. The van der Waals surface area contributed by atoms with Gasteiger partial charge < -0.3 is 11.2 Å². The molecular formula is C15H19Cl2N5OS. The molecule has 0 aliphatic carbocycles. The summed E-state index contributed by atoms with van der Waals surface area (Å²) in [6, 6.07) is 4.89. The lowest BCUT2D eigenvalue weighted by Gasteiger charge is -2.17. The van der Waals surface area contributed by atoms with Gasteiger partial charge in [0.1, 0.15) is 0 Å². The first kappa shape index (κ1) is 18.9. The minimum atomic E-state index is -0.434. The molecule has 1 aromatic carbocycles. The topological polar surface area (TPSA) is 85.8 Å². The summed E-state index contributed by atoms with van der Waals surface area (Å²) in [4.78, 5) is 12.3. The highest BCUT2D eigenvalue weighted by molar-refractivity contribution is 8.00. The van der Waals surface area contributed by atoms with Crippen molar-refractivity contribution in [3.63, 3.8) is 0 Å². The van der Waals surface area contributed by atoms with Crippen molar-refractivity contribution in [2.24, 2.45) is 0 Å². The molecule has 24 heavy (non-hydrogen) atoms. The van der Waals surface area contributed by atoms with E-state index >= 15 is 0 Å². The molecule has 0 fully saturated rings. The molecule has 2 rings (SSSR count). The number of hydrogen-bond acceptors (Lipinski definition) is 5. The zero-order chi connectivity index (χ0) is 18.1. The Kier molecular flexibility index (Phi) is 5.67. The zero-order valence-electron chi connectivity index (χ0n) is 13.8. The van der Waals surface area contributed by atoms with Crippen LogP contribution in [-0.2, 0) is 10.2 Å². The van der Waals surface area contributed by atoms with Gasteiger partial charge in [-0.05, 0) is 25.1 Å². The van der Waals surface area contributed by atoms with Gasteiger partial charge in [-0.2, -0.15) is 0 Å². The smallest absolute Gasteiger partial charge is 0.237 e. The first-order valence-electron chi connectivity index (χ1n) is 7.23. The summed E-state index contributed by atoms with van der Waals surface area (Å²) in [5, 5.41) is 11.9. The summed E-state index contributed by atoms with van der Waals surface area (Å²) in [7, 11) is 0. The van der Waals surface area contributed by atoms with Crippen molar-refractivity contribution in [3.8, 4) is 0 Å². The number of nitrogen functional groups attached to an aromatic ring is 1. The van der Waals surface area contributed by atoms with E-state index in [0.29, 0.717) is 26.7 Å². The molecule has 0 spiro atoms. The normalized spacial score (nSPS) is 12.9. The first-order valence-corrected chi connectivity index (χ1v) is 8.86. The fraction of sp³-hybridized carbons (Fsp3) is 0.400. The number of carbonyl (C=O) groups excluding carboxylic acids is 1. The van der Waals surface area contributed by atoms with Gasteiger partial charge in [-0.1, -0.05) is 55.7 Å². The molecular weight excluding hydrogens is 369 g/mol. The van der Waals surface area contributed by atoms with Gasteiger partial charge in [0.15, 0.2) is 5.82 Å². The highest BCUT2D eigenvalue weighted by atomic mass is 35.5. The van der Waals surface area contributed by atoms with Gasteiger partial charge in [0.25, 0.3) is 0 Å². The van der Waals surface area contributed by atoms with E-state index in [0.717, 1.165) is 0 Å². The molecule has 0 unspecified atom stereocenters. The number of carbonyl (C=O) groups is 1. The summed E-state index contributed by atoms with van der Waals surface area (Å²) < 4.78 is 1.42. The maximum Gasteiger partial charge on any atom is 0.237 e. The Morgan fingerprint density at radius 2 is 2.00 bits per heavy atom. The number of rotatable bonds is 4. The maximum absolute atomic E-state index is 12.3. The molecule has 130 valence electrons. The van der Waals surface area contributed by atoms with E-state index in [-0.39, 0.29) is 11.3 Å². The molecule has 1 heterocycles. The van der Waals surface area contributed by atoms with Crippen molar-refractivity contribution >= 4 is 46.6 Å². The van der Waals surface area contributed by atoms with Crippen LogP contribution in [0.1, 0.15) is 33.5 Å². The number of nitrogens with two attached hydrogens (primary N) is 1. The van der Waals surface area contributed by atoms with Crippen LogP contribution in [0.2, 0.25) is 10.0 Å². The lowest BCUT2D eigenvalue weighted by atomic mass is 9.96. The van der Waals surface area contributed by atoms with Crippen LogP contribution >= 0.6 is 35.0 Å². The van der Waals surface area contributed by atoms with E-state index in [4.69, 9.17) is 29.0 Å². The maximum atomic E-state index is 12.3. The van der Waals surface area contributed by atoms with Crippen LogP contribution in [0, 0.1) is 0 Å². The SMILES string of the molecule is C[C@H](Sc1nnc(C(C)(C)C)n1N)C(=O)Nc1ccc(Cl)cc1Cl. The molecule has 3 N–H and O–H groups in total. The van der Waals surface area contributed by atoms with Crippen molar-refractivity contribution in [1.29, 1.82) is 0 Å². The van der Waals surface area contributed by atoms with Gasteiger partial charge >= 0.3 is 0 Å². The molecule has 6 nitrogen and oxygen atoms in total. The Balaban J connectivity index is 2.08. The van der Waals surface area contributed by atoms with E-state index in [2.05, 4.69) is 15.5 Å². The van der Waals surface area contributed by atoms with Gasteiger partial charge in [0, 0.05) is 10.4 Å². The minimum Gasteiger partial charge on any atom is -0.336 e. The summed E-state index contributed by atoms with van der Waals surface area (Å²) in [5.74, 6) is 6.47. The van der Waals surface area contributed by atoms with E-state index in [1.54, 1.807) is 25.1 Å². The van der Waals surface area contributed by atoms with E-state index < -0.39 is 5.25 Å². The van der Waals surface area contributed by atoms with Crippen LogP contribution in [0.3, 0.4) is 0 Å². The molecule has 1 atom stereocenters. The van der Waals surface area contributed by atoms with Crippen LogP contribution in [0.25, 0.3) is 0 Å². The van der Waals surface area contributed by atoms with Crippen LogP contribution in [0.4, 0.5) is 5.69 Å². The summed E-state index contributed by atoms with van der Waals surface area (Å²) in [5.41, 5.74) is 0.270. The predicted octanol–water partition coefficient (Wildman–Crippen LogP) is 3.72. The number of benzene rings is 1. The molecule has 0 radical (unpaired) electrons. The van der Waals surface area contributed by atoms with E-state index in [1.165, 1.54) is 16.4 Å². The standard InChI is InChI=1S/C15H19Cl2N5OS/c1-8(12(23)19-11-6-5-9(16)7-10(11)17)24-14-21-20-13(22(14)18)15(2,3)4/h5-8H,18H2,1-4H3,(H,19,23)/t8-/m0/s1. The third-order valence-electron chi connectivity index (χ3n) is 3.18. The van der Waals surface area contributed by atoms with Crippen LogP contribution in [0.5, 0.6) is 0 Å². The fourth-order valence-corrected chi connectivity index (χ4v) is 3.13. The Bertz CT molecular complexity index is 757. The average molecular weight is 388 g/mol. The molecule has 9 heteroatoms. The summed E-state index contributed by atoms with van der Waals surface area (Å²) in [6.45, 7) is 7.74. The molecule has 0 saturated carbocycles. The highest BCUT2D eigenvalue weighted by Crippen LogP contribution is 2.28. The Hall–Kier alpha value is -1.44. The third kappa shape index (κ3) is 4.34. The van der Waals surface area contributed by atoms with Crippen molar-refractivity contribution < 1.29 is 4.79 Å². The van der Waals surface area contributed by atoms with Gasteiger partial charge in [0.2, 0.25) is 11.1 Å². The quantitative estimate of drug-likeness (QED) is 0.616. The molecule has 0 aliphatic rings. The molecule has 0 saturated heterocycles. The number of nitrogens with zero attached hydrogens (tertiary/aromatic N) is 3. The predicted molar refractivity (Wildman–Crippen MR) is 99.3 cm³/mol. The summed E-state index contributed by atoms with van der Waals surface area (Å²) in [6.07, 6.45) is 0. The monoisotopic (exact) mass is 387 g/mol. The Morgan fingerprint density at radius 3 is 2.54 bits per heavy atom. The molecule has 1 amide bonds. The van der Waals surface area contributed by atoms with Crippen LogP contribution in [0.15, 0.2) is 23.4 Å².